The molecule has 1 saturated heterocycles. The van der Waals surface area contributed by atoms with E-state index in [1.165, 1.54) is 5.57 Å². The van der Waals surface area contributed by atoms with Crippen molar-refractivity contribution in [3.63, 3.8) is 0 Å². The average Bonchev–Trinajstić information content (AvgIpc) is 2.34. The van der Waals surface area contributed by atoms with Gasteiger partial charge in [-0.25, -0.2) is 0 Å². The Morgan fingerprint density at radius 1 is 1.50 bits per heavy atom. The van der Waals surface area contributed by atoms with Gasteiger partial charge in [0.1, 0.15) is 0 Å². The van der Waals surface area contributed by atoms with E-state index in [-0.39, 0.29) is 0 Å². The van der Waals surface area contributed by atoms with Gasteiger partial charge < -0.3 is 10.1 Å². The van der Waals surface area contributed by atoms with Crippen LogP contribution in [-0.2, 0) is 4.74 Å². The molecule has 2 rings (SSSR count). The summed E-state index contributed by atoms with van der Waals surface area (Å²) in [6.45, 7) is 4.63. The molecule has 1 unspecified atom stereocenters. The van der Waals surface area contributed by atoms with Gasteiger partial charge in [0, 0.05) is 22.6 Å². The van der Waals surface area contributed by atoms with Gasteiger partial charge >= 0.3 is 0 Å². The molecule has 0 aromatic heterocycles. The third-order valence-electron chi connectivity index (χ3n) is 2.93. The van der Waals surface area contributed by atoms with Crippen molar-refractivity contribution >= 4 is 29.3 Å². The van der Waals surface area contributed by atoms with Gasteiger partial charge in [-0.3, -0.25) is 0 Å². The quantitative estimate of drug-likeness (QED) is 0.913. The molecule has 1 fully saturated rings. The summed E-state index contributed by atoms with van der Waals surface area (Å²) >= 11 is 12.0. The Morgan fingerprint density at radius 2 is 2.33 bits per heavy atom. The fraction of sp³-hybridized carbons (Fsp3) is 0.429. The third-order valence-corrected chi connectivity index (χ3v) is 3.49. The normalized spacial score (nSPS) is 21.1. The Bertz CT molecular complexity index is 439. The molecule has 0 saturated carbocycles. The maximum absolute atomic E-state index is 6.15. The van der Waals surface area contributed by atoms with Crippen LogP contribution in [0.5, 0.6) is 0 Å². The molecule has 2 nitrogen and oxygen atoms in total. The van der Waals surface area contributed by atoms with Gasteiger partial charge in [-0.2, -0.15) is 0 Å². The van der Waals surface area contributed by atoms with Crippen molar-refractivity contribution in [3.8, 4) is 0 Å². The number of halogens is 2. The monoisotopic (exact) mass is 285 g/mol. The molecule has 0 spiro atoms. The standard InChI is InChI=1S/C14H17Cl2NO/c1-10(7-13-9-18-5-4-17-13)6-11-2-3-12(15)8-14(11)16/h2-3,6,8,13,17H,4-5,7,9H2,1H3/b10-6-. The first-order valence-electron chi connectivity index (χ1n) is 6.08. The fourth-order valence-electron chi connectivity index (χ4n) is 2.08. The molecule has 1 aliphatic heterocycles. The van der Waals surface area contributed by atoms with Crippen molar-refractivity contribution in [3.05, 3.63) is 39.4 Å². The summed E-state index contributed by atoms with van der Waals surface area (Å²) in [5, 5.41) is 4.79. The van der Waals surface area contributed by atoms with E-state index < -0.39 is 0 Å². The maximum Gasteiger partial charge on any atom is 0.0623 e. The number of hydrogen-bond donors (Lipinski definition) is 1. The number of morpholine rings is 1. The van der Waals surface area contributed by atoms with Crippen LogP contribution in [0.3, 0.4) is 0 Å². The topological polar surface area (TPSA) is 21.3 Å². The van der Waals surface area contributed by atoms with Crippen LogP contribution in [0.2, 0.25) is 10.0 Å². The number of hydrogen-bond acceptors (Lipinski definition) is 2. The summed E-state index contributed by atoms with van der Waals surface area (Å²) in [6, 6.07) is 5.97. The number of rotatable bonds is 3. The lowest BCUT2D eigenvalue weighted by molar-refractivity contribution is 0.0771. The summed E-state index contributed by atoms with van der Waals surface area (Å²) in [7, 11) is 0. The van der Waals surface area contributed by atoms with Crippen LogP contribution in [0.4, 0.5) is 0 Å². The highest BCUT2D eigenvalue weighted by Gasteiger charge is 2.13. The van der Waals surface area contributed by atoms with Crippen LogP contribution in [-0.4, -0.2) is 25.8 Å². The maximum atomic E-state index is 6.15. The predicted molar refractivity (Wildman–Crippen MR) is 77.3 cm³/mol. The third kappa shape index (κ3) is 3.99. The zero-order valence-electron chi connectivity index (χ0n) is 10.4. The van der Waals surface area contributed by atoms with Crippen molar-refractivity contribution in [2.75, 3.05) is 19.8 Å². The molecular formula is C14H17Cl2NO. The van der Waals surface area contributed by atoms with Gasteiger partial charge in [0.15, 0.2) is 0 Å². The predicted octanol–water partition coefficient (Wildman–Crippen LogP) is 3.78. The molecule has 1 aromatic carbocycles. The van der Waals surface area contributed by atoms with E-state index in [9.17, 15) is 0 Å². The summed E-state index contributed by atoms with van der Waals surface area (Å²) < 4.78 is 5.44. The second-order valence-electron chi connectivity index (χ2n) is 4.59. The lowest BCUT2D eigenvalue weighted by Crippen LogP contribution is -2.41. The molecule has 0 amide bonds. The fourth-order valence-corrected chi connectivity index (χ4v) is 2.55. The lowest BCUT2D eigenvalue weighted by Gasteiger charge is -2.24. The highest BCUT2D eigenvalue weighted by Crippen LogP contribution is 2.24. The molecule has 1 heterocycles. The molecule has 4 heteroatoms. The van der Waals surface area contributed by atoms with Crippen molar-refractivity contribution in [1.82, 2.24) is 5.32 Å². The second-order valence-corrected chi connectivity index (χ2v) is 5.43. The SMILES string of the molecule is C/C(=C/c1ccc(Cl)cc1Cl)CC1COCCN1. The van der Waals surface area contributed by atoms with Crippen molar-refractivity contribution < 1.29 is 4.74 Å². The second kappa shape index (κ2) is 6.58. The summed E-state index contributed by atoms with van der Waals surface area (Å²) in [6.07, 6.45) is 3.08. The summed E-state index contributed by atoms with van der Waals surface area (Å²) in [4.78, 5) is 0. The Morgan fingerprint density at radius 3 is 3.00 bits per heavy atom. The molecule has 98 valence electrons. The highest BCUT2D eigenvalue weighted by atomic mass is 35.5. The molecule has 1 aromatic rings. The first-order valence-corrected chi connectivity index (χ1v) is 6.84. The van der Waals surface area contributed by atoms with Crippen LogP contribution < -0.4 is 5.32 Å². The minimum Gasteiger partial charge on any atom is -0.379 e. The first kappa shape index (κ1) is 13.9. The van der Waals surface area contributed by atoms with E-state index in [0.717, 1.165) is 31.7 Å². The molecule has 1 aliphatic rings. The van der Waals surface area contributed by atoms with Crippen LogP contribution in [0.1, 0.15) is 18.9 Å². The van der Waals surface area contributed by atoms with E-state index in [4.69, 9.17) is 27.9 Å². The Labute approximate surface area is 118 Å². The number of ether oxygens (including phenoxy) is 1. The Balaban J connectivity index is 2.02. The summed E-state index contributed by atoms with van der Waals surface area (Å²) in [5.41, 5.74) is 2.29. The molecule has 1 N–H and O–H groups in total. The largest absolute Gasteiger partial charge is 0.379 e. The molecule has 1 atom stereocenters. The lowest BCUT2D eigenvalue weighted by atomic mass is 10.0. The van der Waals surface area contributed by atoms with Crippen LogP contribution >= 0.6 is 23.2 Å². The molecular weight excluding hydrogens is 269 g/mol. The van der Waals surface area contributed by atoms with Gasteiger partial charge in [-0.05, 0) is 31.0 Å². The number of benzene rings is 1. The molecule has 0 bridgehead atoms. The first-order chi connectivity index (χ1) is 8.65. The zero-order chi connectivity index (χ0) is 13.0. The van der Waals surface area contributed by atoms with Gasteiger partial charge in [-0.1, -0.05) is 40.9 Å². The van der Waals surface area contributed by atoms with E-state index in [1.54, 1.807) is 6.07 Å². The van der Waals surface area contributed by atoms with E-state index in [0.29, 0.717) is 16.1 Å². The molecule has 0 aliphatic carbocycles. The number of nitrogens with one attached hydrogen (secondary N) is 1. The Hall–Kier alpha value is -0.540. The minimum atomic E-state index is 0.404. The van der Waals surface area contributed by atoms with Gasteiger partial charge in [0.05, 0.1) is 13.2 Å². The summed E-state index contributed by atoms with van der Waals surface area (Å²) in [5.74, 6) is 0. The van der Waals surface area contributed by atoms with Gasteiger partial charge in [0.25, 0.3) is 0 Å². The highest BCUT2D eigenvalue weighted by molar-refractivity contribution is 6.35. The van der Waals surface area contributed by atoms with Gasteiger partial charge in [-0.15, -0.1) is 0 Å². The Kier molecular flexibility index (Phi) is 5.07. The molecule has 18 heavy (non-hydrogen) atoms. The van der Waals surface area contributed by atoms with E-state index >= 15 is 0 Å². The average molecular weight is 286 g/mol. The van der Waals surface area contributed by atoms with Crippen molar-refractivity contribution in [2.24, 2.45) is 0 Å². The van der Waals surface area contributed by atoms with E-state index in [1.807, 2.05) is 12.1 Å². The molecule has 0 radical (unpaired) electrons. The van der Waals surface area contributed by atoms with Crippen molar-refractivity contribution in [2.45, 2.75) is 19.4 Å². The minimum absolute atomic E-state index is 0.404. The zero-order valence-corrected chi connectivity index (χ0v) is 11.9. The van der Waals surface area contributed by atoms with E-state index in [2.05, 4.69) is 18.3 Å². The van der Waals surface area contributed by atoms with Crippen LogP contribution in [0, 0.1) is 0 Å². The van der Waals surface area contributed by atoms with Gasteiger partial charge in [0.2, 0.25) is 0 Å². The smallest absolute Gasteiger partial charge is 0.0623 e. The van der Waals surface area contributed by atoms with Crippen LogP contribution in [0.15, 0.2) is 23.8 Å². The van der Waals surface area contributed by atoms with Crippen molar-refractivity contribution in [1.29, 1.82) is 0 Å². The van der Waals surface area contributed by atoms with Crippen LogP contribution in [0.25, 0.3) is 6.08 Å².